The SMILES string of the molecule is [Au+].[c-]1nc2ncsc2s1. The second-order valence-electron chi connectivity index (χ2n) is 1.27. The Morgan fingerprint density at radius 1 is 1.56 bits per heavy atom. The molecule has 0 fully saturated rings. The van der Waals surface area contributed by atoms with Crippen LogP contribution in [-0.2, 0) is 22.4 Å². The normalized spacial score (nSPS) is 9.33. The third-order valence-corrected chi connectivity index (χ3v) is 2.50. The molecule has 2 nitrogen and oxygen atoms in total. The Hall–Kier alpha value is 0.260. The molecule has 0 saturated heterocycles. The topological polar surface area (TPSA) is 25.8 Å². The molecule has 2 aromatic heterocycles. The predicted molar refractivity (Wildman–Crippen MR) is 34.1 cm³/mol. The summed E-state index contributed by atoms with van der Waals surface area (Å²) in [5.41, 5.74) is 5.38. The summed E-state index contributed by atoms with van der Waals surface area (Å²) in [6, 6.07) is 0. The fourth-order valence-corrected chi connectivity index (χ4v) is 1.77. The van der Waals surface area contributed by atoms with Crippen LogP contribution in [0.5, 0.6) is 0 Å². The summed E-state index contributed by atoms with van der Waals surface area (Å²) in [5.74, 6) is 0. The standard InChI is InChI=1S/C4HN2S2.Au/c1-5-3-4(7-1)8-2-6-3;/h1H;/q-1;+1. The van der Waals surface area contributed by atoms with Gasteiger partial charge in [-0.1, -0.05) is 0 Å². The van der Waals surface area contributed by atoms with Crippen LogP contribution in [-0.4, -0.2) is 9.97 Å². The van der Waals surface area contributed by atoms with Crippen LogP contribution in [0.2, 0.25) is 0 Å². The average Bonchev–Trinajstić information content (AvgIpc) is 2.15. The monoisotopic (exact) mass is 338 g/mol. The average molecular weight is 338 g/mol. The van der Waals surface area contributed by atoms with Gasteiger partial charge in [-0.3, -0.25) is 11.3 Å². The molecule has 2 aromatic rings. The van der Waals surface area contributed by atoms with Crippen LogP contribution in [0.25, 0.3) is 9.66 Å². The molecule has 0 aromatic carbocycles. The summed E-state index contributed by atoms with van der Waals surface area (Å²) in [7, 11) is 0. The molecule has 0 spiro atoms. The van der Waals surface area contributed by atoms with Gasteiger partial charge in [0.15, 0.2) is 0 Å². The maximum atomic E-state index is 3.97. The summed E-state index contributed by atoms with van der Waals surface area (Å²) in [4.78, 5) is 7.84. The second-order valence-corrected chi connectivity index (χ2v) is 3.18. The summed E-state index contributed by atoms with van der Waals surface area (Å²) < 4.78 is 1.16. The van der Waals surface area contributed by atoms with Crippen LogP contribution in [0.1, 0.15) is 0 Å². The van der Waals surface area contributed by atoms with Crippen LogP contribution in [0.4, 0.5) is 0 Å². The Bertz CT molecular complexity index is 238. The minimum Gasteiger partial charge on any atom is -0.366 e. The Morgan fingerprint density at radius 2 is 2.44 bits per heavy atom. The fourth-order valence-electron chi connectivity index (χ4n) is 0.481. The molecule has 0 radical (unpaired) electrons. The van der Waals surface area contributed by atoms with Crippen molar-refractivity contribution in [3.05, 3.63) is 11.0 Å². The third-order valence-electron chi connectivity index (χ3n) is 0.807. The zero-order valence-corrected chi connectivity index (χ0v) is 7.89. The van der Waals surface area contributed by atoms with E-state index in [0.29, 0.717) is 0 Å². The molecule has 2 rings (SSSR count). The van der Waals surface area contributed by atoms with Crippen molar-refractivity contribution >= 4 is 32.3 Å². The zero-order chi connectivity index (χ0) is 5.40. The summed E-state index contributed by atoms with van der Waals surface area (Å²) in [6.07, 6.45) is 0. The van der Waals surface area contributed by atoms with Crippen LogP contribution in [0, 0.1) is 5.51 Å². The largest absolute Gasteiger partial charge is 1.00 e. The number of rotatable bonds is 0. The van der Waals surface area contributed by atoms with E-state index in [9.17, 15) is 0 Å². The van der Waals surface area contributed by atoms with Crippen molar-refractivity contribution in [1.29, 1.82) is 0 Å². The van der Waals surface area contributed by atoms with Crippen molar-refractivity contribution in [1.82, 2.24) is 9.97 Å². The first kappa shape index (κ1) is 7.37. The van der Waals surface area contributed by atoms with Gasteiger partial charge in [0.1, 0.15) is 0 Å². The first-order chi connectivity index (χ1) is 3.97. The molecule has 0 aliphatic rings. The van der Waals surface area contributed by atoms with E-state index in [1.807, 2.05) is 0 Å². The van der Waals surface area contributed by atoms with Gasteiger partial charge in [0.05, 0.1) is 5.51 Å². The second kappa shape index (κ2) is 2.90. The smallest absolute Gasteiger partial charge is 0.366 e. The van der Waals surface area contributed by atoms with E-state index in [-0.39, 0.29) is 22.4 Å². The minimum atomic E-state index is 0. The Labute approximate surface area is 75.5 Å². The van der Waals surface area contributed by atoms with E-state index < -0.39 is 0 Å². The van der Waals surface area contributed by atoms with Crippen LogP contribution < -0.4 is 0 Å². The molecular formula is C4HAuN2S2. The van der Waals surface area contributed by atoms with Crippen molar-refractivity contribution in [3.63, 3.8) is 0 Å². The Kier molecular flexibility index (Phi) is 2.37. The molecule has 0 aliphatic heterocycles. The summed E-state index contributed by atoms with van der Waals surface area (Å²) in [6.45, 7) is 0. The van der Waals surface area contributed by atoms with Gasteiger partial charge >= 0.3 is 22.4 Å². The summed E-state index contributed by atoms with van der Waals surface area (Å²) in [5, 5.41) is 0. The predicted octanol–water partition coefficient (Wildman–Crippen LogP) is 1.55. The molecule has 0 N–H and O–H groups in total. The zero-order valence-electron chi connectivity index (χ0n) is 4.09. The molecule has 0 amide bonds. The van der Waals surface area contributed by atoms with E-state index in [0.717, 1.165) is 9.66 Å². The number of aromatic nitrogens is 2. The molecular weight excluding hydrogens is 337 g/mol. The molecule has 0 atom stereocenters. The molecule has 0 bridgehead atoms. The van der Waals surface area contributed by atoms with Crippen LogP contribution >= 0.6 is 22.7 Å². The van der Waals surface area contributed by atoms with Crippen molar-refractivity contribution in [2.45, 2.75) is 0 Å². The van der Waals surface area contributed by atoms with E-state index in [2.05, 4.69) is 15.5 Å². The van der Waals surface area contributed by atoms with Crippen molar-refractivity contribution in [2.75, 3.05) is 0 Å². The first-order valence-corrected chi connectivity index (χ1v) is 3.72. The van der Waals surface area contributed by atoms with E-state index in [4.69, 9.17) is 0 Å². The number of hydrogen-bond acceptors (Lipinski definition) is 4. The van der Waals surface area contributed by atoms with E-state index in [1.54, 1.807) is 16.8 Å². The van der Waals surface area contributed by atoms with Crippen molar-refractivity contribution in [2.24, 2.45) is 0 Å². The summed E-state index contributed by atoms with van der Waals surface area (Å²) >= 11 is 3.12. The number of nitrogens with zero attached hydrogens (tertiary/aromatic N) is 2. The van der Waals surface area contributed by atoms with Gasteiger partial charge in [-0.15, -0.1) is 0 Å². The van der Waals surface area contributed by atoms with Gasteiger partial charge in [-0.05, 0) is 9.52 Å². The van der Waals surface area contributed by atoms with Crippen molar-refractivity contribution in [3.8, 4) is 0 Å². The van der Waals surface area contributed by atoms with Gasteiger partial charge in [0, 0.05) is 5.65 Å². The molecule has 9 heavy (non-hydrogen) atoms. The third kappa shape index (κ3) is 1.22. The fraction of sp³-hybridized carbons (Fsp3) is 0. The van der Waals surface area contributed by atoms with Gasteiger partial charge in [-0.25, -0.2) is 0 Å². The van der Waals surface area contributed by atoms with Crippen LogP contribution in [0.3, 0.4) is 0 Å². The minimum absolute atomic E-state index is 0. The quantitative estimate of drug-likeness (QED) is 0.538. The molecule has 50 valence electrons. The van der Waals surface area contributed by atoms with Gasteiger partial charge < -0.3 is 9.97 Å². The van der Waals surface area contributed by atoms with E-state index in [1.165, 1.54) is 11.3 Å². The number of thiazole rings is 2. The molecule has 0 saturated carbocycles. The number of hydrogen-bond donors (Lipinski definition) is 0. The van der Waals surface area contributed by atoms with Gasteiger partial charge in [-0.2, -0.15) is 11.3 Å². The molecule has 0 aliphatic carbocycles. The molecule has 0 unspecified atom stereocenters. The Balaban J connectivity index is 0.000000405. The maximum Gasteiger partial charge on any atom is 1.00 e. The van der Waals surface area contributed by atoms with Gasteiger partial charge in [0.2, 0.25) is 0 Å². The van der Waals surface area contributed by atoms with Crippen LogP contribution in [0.15, 0.2) is 5.51 Å². The van der Waals surface area contributed by atoms with Gasteiger partial charge in [0.25, 0.3) is 0 Å². The molecule has 2 heterocycles. The maximum absolute atomic E-state index is 3.97. The molecule has 5 heteroatoms. The Morgan fingerprint density at radius 3 is 3.22 bits per heavy atom. The van der Waals surface area contributed by atoms with Crippen molar-refractivity contribution < 1.29 is 22.4 Å². The number of fused-ring (bicyclic) bond motifs is 1. The first-order valence-electron chi connectivity index (χ1n) is 2.03. The van der Waals surface area contributed by atoms with E-state index >= 15 is 0 Å².